The van der Waals surface area contributed by atoms with Gasteiger partial charge in [0.2, 0.25) is 6.29 Å². The van der Waals surface area contributed by atoms with Crippen molar-refractivity contribution in [1.82, 2.24) is 9.97 Å². The summed E-state index contributed by atoms with van der Waals surface area (Å²) in [7, 11) is 0. The molecular formula is C24H20Cl2N2O2. The topological polar surface area (TPSA) is 47.1 Å². The molecule has 2 atom stereocenters. The van der Waals surface area contributed by atoms with Crippen LogP contribution in [-0.2, 0) is 11.2 Å². The van der Waals surface area contributed by atoms with Gasteiger partial charge in [0.15, 0.2) is 0 Å². The molecule has 1 heterocycles. The lowest BCUT2D eigenvalue weighted by atomic mass is 10.1. The fraction of sp³-hybridized carbons (Fsp3) is 0.125. The third kappa shape index (κ3) is 5.22. The minimum Gasteiger partial charge on any atom is -0.461 e. The van der Waals surface area contributed by atoms with E-state index in [1.54, 1.807) is 18.5 Å². The number of rotatable bonds is 8. The number of benzene rings is 3. The van der Waals surface area contributed by atoms with Gasteiger partial charge in [0, 0.05) is 34.4 Å². The van der Waals surface area contributed by atoms with Crippen molar-refractivity contribution in [3.8, 4) is 5.75 Å². The second-order valence-corrected chi connectivity index (χ2v) is 7.56. The molecule has 0 aliphatic rings. The van der Waals surface area contributed by atoms with E-state index in [4.69, 9.17) is 32.7 Å². The normalized spacial score (nSPS) is 13.0. The maximum atomic E-state index is 6.47. The molecule has 6 heteroatoms. The maximum absolute atomic E-state index is 6.47. The molecule has 0 saturated carbocycles. The van der Waals surface area contributed by atoms with Gasteiger partial charge in [-0.2, -0.15) is 0 Å². The van der Waals surface area contributed by atoms with Crippen LogP contribution in [0.1, 0.15) is 29.3 Å². The molecule has 4 nitrogen and oxygen atoms in total. The molecule has 0 amide bonds. The van der Waals surface area contributed by atoms with Crippen molar-refractivity contribution in [2.24, 2.45) is 0 Å². The number of nitrogens with zero attached hydrogens (tertiary/aromatic N) is 1. The number of imidazole rings is 1. The maximum Gasteiger partial charge on any atom is 0.227 e. The summed E-state index contributed by atoms with van der Waals surface area (Å²) in [4.78, 5) is 7.56. The lowest BCUT2D eigenvalue weighted by Gasteiger charge is -2.25. The van der Waals surface area contributed by atoms with Crippen LogP contribution in [0, 0.1) is 0 Å². The van der Waals surface area contributed by atoms with Gasteiger partial charge in [-0.15, -0.1) is 0 Å². The summed E-state index contributed by atoms with van der Waals surface area (Å²) in [6.07, 6.45) is 2.93. The molecule has 152 valence electrons. The lowest BCUT2D eigenvalue weighted by molar-refractivity contribution is -0.127. The molecule has 4 rings (SSSR count). The highest BCUT2D eigenvalue weighted by atomic mass is 35.5. The quantitative estimate of drug-likeness (QED) is 0.307. The standard InChI is InChI=1S/C24H20Cl2N2O2/c25-19-12-11-18(21(26)16-19)15-22(23-27-13-14-28-23)30-24(17-7-3-1-4-8-17)29-20-9-5-2-6-10-20/h1-14,16,22,24H,15H2,(H,27,28). The van der Waals surface area contributed by atoms with E-state index in [1.165, 1.54) is 0 Å². The SMILES string of the molecule is Clc1ccc(CC(OC(Oc2ccccc2)c2ccccc2)c2ncc[nH]2)c(Cl)c1. The van der Waals surface area contributed by atoms with Gasteiger partial charge in [-0.25, -0.2) is 4.98 Å². The van der Waals surface area contributed by atoms with Crippen molar-refractivity contribution in [3.05, 3.63) is 118 Å². The van der Waals surface area contributed by atoms with Gasteiger partial charge in [-0.05, 0) is 29.8 Å². The summed E-state index contributed by atoms with van der Waals surface area (Å²) < 4.78 is 12.7. The molecule has 30 heavy (non-hydrogen) atoms. The van der Waals surface area contributed by atoms with Crippen LogP contribution in [0.25, 0.3) is 0 Å². The molecule has 1 aromatic heterocycles. The minimum absolute atomic E-state index is 0.410. The zero-order valence-corrected chi connectivity index (χ0v) is 17.6. The summed E-state index contributed by atoms with van der Waals surface area (Å²) in [6.45, 7) is 0. The summed E-state index contributed by atoms with van der Waals surface area (Å²) in [5.74, 6) is 1.41. The molecule has 0 fully saturated rings. The van der Waals surface area contributed by atoms with E-state index in [-0.39, 0.29) is 0 Å². The Morgan fingerprint density at radius 3 is 2.30 bits per heavy atom. The van der Waals surface area contributed by atoms with Crippen LogP contribution in [-0.4, -0.2) is 9.97 Å². The lowest BCUT2D eigenvalue weighted by Crippen LogP contribution is -2.18. The number of hydrogen-bond donors (Lipinski definition) is 1. The predicted octanol–water partition coefficient (Wildman–Crippen LogP) is 6.79. The Hall–Kier alpha value is -2.79. The summed E-state index contributed by atoms with van der Waals surface area (Å²) in [5, 5.41) is 1.18. The monoisotopic (exact) mass is 438 g/mol. The molecule has 4 aromatic rings. The zero-order valence-electron chi connectivity index (χ0n) is 16.0. The van der Waals surface area contributed by atoms with Crippen molar-refractivity contribution in [2.45, 2.75) is 18.8 Å². The molecule has 0 bridgehead atoms. The number of halogens is 2. The molecule has 0 aliphatic heterocycles. The van der Waals surface area contributed by atoms with Crippen molar-refractivity contribution >= 4 is 23.2 Å². The largest absolute Gasteiger partial charge is 0.461 e. The fourth-order valence-corrected chi connectivity index (χ4v) is 3.59. The number of aromatic amines is 1. The summed E-state index contributed by atoms with van der Waals surface area (Å²) >= 11 is 12.5. The number of ether oxygens (including phenoxy) is 2. The second kappa shape index (κ2) is 9.81. The Kier molecular flexibility index (Phi) is 6.70. The van der Waals surface area contributed by atoms with Crippen LogP contribution in [0.2, 0.25) is 10.0 Å². The Morgan fingerprint density at radius 1 is 0.900 bits per heavy atom. The highest BCUT2D eigenvalue weighted by molar-refractivity contribution is 6.35. The van der Waals surface area contributed by atoms with Crippen LogP contribution < -0.4 is 4.74 Å². The Bertz CT molecular complexity index is 1060. The van der Waals surface area contributed by atoms with Crippen molar-refractivity contribution in [1.29, 1.82) is 0 Å². The first-order valence-corrected chi connectivity index (χ1v) is 10.3. The van der Waals surface area contributed by atoms with Gasteiger partial charge in [-0.1, -0.05) is 77.8 Å². The van der Waals surface area contributed by atoms with E-state index in [2.05, 4.69) is 9.97 Å². The zero-order chi connectivity index (χ0) is 20.8. The number of nitrogens with one attached hydrogen (secondary N) is 1. The smallest absolute Gasteiger partial charge is 0.227 e. The van der Waals surface area contributed by atoms with Crippen molar-refractivity contribution < 1.29 is 9.47 Å². The van der Waals surface area contributed by atoms with Gasteiger partial charge < -0.3 is 14.5 Å². The van der Waals surface area contributed by atoms with E-state index in [0.29, 0.717) is 28.0 Å². The van der Waals surface area contributed by atoms with Crippen LogP contribution in [0.3, 0.4) is 0 Å². The Labute approximate surface area is 185 Å². The fourth-order valence-electron chi connectivity index (χ4n) is 3.11. The van der Waals surface area contributed by atoms with Gasteiger partial charge in [0.1, 0.15) is 17.7 Å². The first-order chi connectivity index (χ1) is 14.7. The molecule has 0 saturated heterocycles. The van der Waals surface area contributed by atoms with Gasteiger partial charge in [0.05, 0.1) is 0 Å². The first-order valence-electron chi connectivity index (χ1n) is 9.54. The van der Waals surface area contributed by atoms with E-state index in [0.717, 1.165) is 11.1 Å². The average molecular weight is 439 g/mol. The summed E-state index contributed by atoms with van der Waals surface area (Å²) in [6, 6.07) is 24.9. The van der Waals surface area contributed by atoms with Gasteiger partial charge >= 0.3 is 0 Å². The van der Waals surface area contributed by atoms with E-state index < -0.39 is 12.4 Å². The van der Waals surface area contributed by atoms with Crippen LogP contribution in [0.4, 0.5) is 0 Å². The van der Waals surface area contributed by atoms with Gasteiger partial charge in [-0.3, -0.25) is 0 Å². The Balaban J connectivity index is 1.64. The molecule has 0 radical (unpaired) electrons. The molecule has 1 N–H and O–H groups in total. The molecule has 3 aromatic carbocycles. The Morgan fingerprint density at radius 2 is 1.63 bits per heavy atom. The predicted molar refractivity (Wildman–Crippen MR) is 119 cm³/mol. The van der Waals surface area contributed by atoms with Crippen LogP contribution >= 0.6 is 23.2 Å². The average Bonchev–Trinajstić information content (AvgIpc) is 3.30. The molecular weight excluding hydrogens is 419 g/mol. The van der Waals surface area contributed by atoms with E-state index in [1.807, 2.05) is 72.8 Å². The molecule has 0 aliphatic carbocycles. The molecule has 0 spiro atoms. The third-order valence-electron chi connectivity index (χ3n) is 4.59. The van der Waals surface area contributed by atoms with Crippen molar-refractivity contribution in [3.63, 3.8) is 0 Å². The van der Waals surface area contributed by atoms with E-state index in [9.17, 15) is 0 Å². The third-order valence-corrected chi connectivity index (χ3v) is 5.18. The number of para-hydroxylation sites is 1. The van der Waals surface area contributed by atoms with E-state index >= 15 is 0 Å². The number of hydrogen-bond acceptors (Lipinski definition) is 3. The minimum atomic E-state index is -0.630. The second-order valence-electron chi connectivity index (χ2n) is 6.71. The number of H-pyrrole nitrogens is 1. The molecule has 2 unspecified atom stereocenters. The summed E-state index contributed by atoms with van der Waals surface area (Å²) in [5.41, 5.74) is 1.81. The highest BCUT2D eigenvalue weighted by Crippen LogP contribution is 2.32. The van der Waals surface area contributed by atoms with Crippen molar-refractivity contribution in [2.75, 3.05) is 0 Å². The highest BCUT2D eigenvalue weighted by Gasteiger charge is 2.24. The number of aromatic nitrogens is 2. The van der Waals surface area contributed by atoms with Crippen LogP contribution in [0.15, 0.2) is 91.3 Å². The van der Waals surface area contributed by atoms with Gasteiger partial charge in [0.25, 0.3) is 0 Å². The first kappa shape index (κ1) is 20.5. The van der Waals surface area contributed by atoms with Crippen LogP contribution in [0.5, 0.6) is 5.75 Å².